The number of hydrogen-bond donors (Lipinski definition) is 0. The third-order valence-corrected chi connectivity index (χ3v) is 4.92. The second kappa shape index (κ2) is 6.55. The Morgan fingerprint density at radius 1 is 1.33 bits per heavy atom. The van der Waals surface area contributed by atoms with E-state index in [0.717, 1.165) is 15.9 Å². The minimum absolute atomic E-state index is 0.0745. The molecule has 0 aliphatic carbocycles. The maximum absolute atomic E-state index is 13.0. The van der Waals surface area contributed by atoms with E-state index in [1.807, 2.05) is 31.2 Å². The summed E-state index contributed by atoms with van der Waals surface area (Å²) in [6.07, 6.45) is -0.569. The van der Waals surface area contributed by atoms with Gasteiger partial charge in [-0.2, -0.15) is 5.10 Å². The lowest BCUT2D eigenvalue weighted by Crippen LogP contribution is -2.49. The van der Waals surface area contributed by atoms with Gasteiger partial charge in [-0.3, -0.25) is 9.80 Å². The normalized spacial score (nSPS) is 23.7. The van der Waals surface area contributed by atoms with Gasteiger partial charge in [0.25, 0.3) is 5.91 Å². The molecular weight excluding hydrogens is 374 g/mol. The molecule has 2 amide bonds. The van der Waals surface area contributed by atoms with Gasteiger partial charge in [0.1, 0.15) is 12.6 Å². The lowest BCUT2D eigenvalue weighted by Gasteiger charge is -2.27. The molecule has 1 fully saturated rings. The third-order valence-electron chi connectivity index (χ3n) is 4.39. The van der Waals surface area contributed by atoms with Crippen LogP contribution in [0.15, 0.2) is 33.8 Å². The Morgan fingerprint density at radius 2 is 2.00 bits per heavy atom. The van der Waals surface area contributed by atoms with Crippen molar-refractivity contribution in [3.05, 3.63) is 28.7 Å². The fraction of sp³-hybridized carbons (Fsp3) is 0.471. The molecule has 7 heteroatoms. The molecule has 0 radical (unpaired) electrons. The van der Waals surface area contributed by atoms with Crippen LogP contribution < -0.4 is 5.01 Å². The first-order valence-electron chi connectivity index (χ1n) is 8.01. The first-order valence-corrected chi connectivity index (χ1v) is 8.80. The number of hydrazone groups is 1. The van der Waals surface area contributed by atoms with Gasteiger partial charge in [-0.1, -0.05) is 36.7 Å². The van der Waals surface area contributed by atoms with Crippen LogP contribution >= 0.6 is 15.9 Å². The van der Waals surface area contributed by atoms with Crippen molar-refractivity contribution in [2.75, 3.05) is 18.2 Å². The van der Waals surface area contributed by atoms with Gasteiger partial charge in [-0.15, -0.1) is 0 Å². The molecule has 3 rings (SSSR count). The van der Waals surface area contributed by atoms with E-state index in [0.29, 0.717) is 6.54 Å². The van der Waals surface area contributed by atoms with Crippen molar-refractivity contribution in [1.82, 2.24) is 4.90 Å². The van der Waals surface area contributed by atoms with Crippen molar-refractivity contribution in [2.24, 2.45) is 16.9 Å². The number of benzene rings is 1. The molecule has 128 valence electrons. The van der Waals surface area contributed by atoms with Gasteiger partial charge in [-0.25, -0.2) is 9.69 Å². The summed E-state index contributed by atoms with van der Waals surface area (Å²) in [6.45, 7) is 6.66. The highest BCUT2D eigenvalue weighted by Gasteiger charge is 2.45. The van der Waals surface area contributed by atoms with Crippen LogP contribution in [0.4, 0.5) is 10.5 Å². The molecule has 2 aliphatic heterocycles. The van der Waals surface area contributed by atoms with Crippen LogP contribution in [0, 0.1) is 11.8 Å². The van der Waals surface area contributed by atoms with E-state index in [4.69, 9.17) is 9.84 Å². The zero-order valence-electron chi connectivity index (χ0n) is 13.9. The van der Waals surface area contributed by atoms with Crippen LogP contribution in [0.5, 0.6) is 0 Å². The molecule has 0 saturated carbocycles. The summed E-state index contributed by atoms with van der Waals surface area (Å²) in [5.41, 5.74) is 1.79. The second-order valence-corrected chi connectivity index (χ2v) is 7.25. The number of carbonyl (C=O) groups excluding carboxylic acids is 2. The molecule has 1 aromatic carbocycles. The summed E-state index contributed by atoms with van der Waals surface area (Å²) < 4.78 is 5.87. The highest BCUT2D eigenvalue weighted by molar-refractivity contribution is 9.10. The van der Waals surface area contributed by atoms with Crippen LogP contribution in [-0.4, -0.2) is 41.8 Å². The molecule has 2 aliphatic rings. The van der Waals surface area contributed by atoms with E-state index in [9.17, 15) is 9.59 Å². The molecule has 0 N–H and O–H groups in total. The van der Waals surface area contributed by atoms with Crippen molar-refractivity contribution in [2.45, 2.75) is 26.8 Å². The average molecular weight is 394 g/mol. The first-order chi connectivity index (χ1) is 11.4. The van der Waals surface area contributed by atoms with Gasteiger partial charge in [0.2, 0.25) is 0 Å². The van der Waals surface area contributed by atoms with Gasteiger partial charge in [-0.05, 0) is 30.2 Å². The number of nitrogens with zero attached hydrogens (tertiary/aromatic N) is 3. The summed E-state index contributed by atoms with van der Waals surface area (Å²) in [5.74, 6) is -0.108. The van der Waals surface area contributed by atoms with Gasteiger partial charge in [0.15, 0.2) is 0 Å². The van der Waals surface area contributed by atoms with Crippen molar-refractivity contribution < 1.29 is 14.3 Å². The van der Waals surface area contributed by atoms with Gasteiger partial charge >= 0.3 is 6.09 Å². The Morgan fingerprint density at radius 3 is 2.54 bits per heavy atom. The van der Waals surface area contributed by atoms with E-state index >= 15 is 0 Å². The summed E-state index contributed by atoms with van der Waals surface area (Å²) in [6, 6.07) is 7.11. The Bertz CT molecular complexity index is 687. The summed E-state index contributed by atoms with van der Waals surface area (Å²) in [7, 11) is 0. The standard InChI is InChI=1S/C17H20BrN3O3/c1-10(2)14-11(3)15(16(22)20-8-9-24-17(20)23)21(19-14)13-6-4-12(18)5-7-13/h4-7,10-11,15H,8-9H2,1-3H3/t11-,15-/m1/s1. The number of amides is 2. The number of cyclic esters (lactones) is 1. The molecule has 6 nitrogen and oxygen atoms in total. The number of anilines is 1. The zero-order valence-corrected chi connectivity index (χ0v) is 15.5. The molecule has 2 heterocycles. The molecule has 1 saturated heterocycles. The average Bonchev–Trinajstić information content (AvgIpc) is 3.11. The van der Waals surface area contributed by atoms with Crippen LogP contribution in [0.25, 0.3) is 0 Å². The maximum atomic E-state index is 13.0. The Hall–Kier alpha value is -1.89. The zero-order chi connectivity index (χ0) is 17.4. The summed E-state index contributed by atoms with van der Waals surface area (Å²) in [5, 5.41) is 6.44. The highest BCUT2D eigenvalue weighted by Crippen LogP contribution is 2.33. The third kappa shape index (κ3) is 2.92. The fourth-order valence-electron chi connectivity index (χ4n) is 3.18. The van der Waals surface area contributed by atoms with Crippen molar-refractivity contribution in [1.29, 1.82) is 0 Å². The lowest BCUT2D eigenvalue weighted by molar-refractivity contribution is -0.129. The van der Waals surface area contributed by atoms with Gasteiger partial charge < -0.3 is 4.74 Å². The molecule has 0 unspecified atom stereocenters. The smallest absolute Gasteiger partial charge is 0.416 e. The number of halogens is 1. The predicted molar refractivity (Wildman–Crippen MR) is 94.9 cm³/mol. The van der Waals surface area contributed by atoms with E-state index in [1.165, 1.54) is 4.90 Å². The molecule has 24 heavy (non-hydrogen) atoms. The molecular formula is C17H20BrN3O3. The lowest BCUT2D eigenvalue weighted by atomic mass is 9.90. The van der Waals surface area contributed by atoms with Crippen LogP contribution in [0.3, 0.4) is 0 Å². The molecule has 1 aromatic rings. The Kier molecular flexibility index (Phi) is 4.62. The minimum atomic E-state index is -0.569. The predicted octanol–water partition coefficient (Wildman–Crippen LogP) is 3.26. The summed E-state index contributed by atoms with van der Waals surface area (Å²) >= 11 is 3.42. The summed E-state index contributed by atoms with van der Waals surface area (Å²) in [4.78, 5) is 26.0. The van der Waals surface area contributed by atoms with Crippen molar-refractivity contribution in [3.63, 3.8) is 0 Å². The Labute approximate surface area is 149 Å². The van der Waals surface area contributed by atoms with Crippen LogP contribution in [0.2, 0.25) is 0 Å². The highest BCUT2D eigenvalue weighted by atomic mass is 79.9. The van der Waals surface area contributed by atoms with E-state index in [1.54, 1.807) is 5.01 Å². The quantitative estimate of drug-likeness (QED) is 0.790. The maximum Gasteiger partial charge on any atom is 0.416 e. The molecule has 0 bridgehead atoms. The van der Waals surface area contributed by atoms with E-state index in [2.05, 4.69) is 29.8 Å². The molecule has 0 aromatic heterocycles. The Balaban J connectivity index is 1.96. The number of ether oxygens (including phenoxy) is 1. The number of carbonyl (C=O) groups is 2. The fourth-order valence-corrected chi connectivity index (χ4v) is 3.44. The van der Waals surface area contributed by atoms with Crippen LogP contribution in [0.1, 0.15) is 20.8 Å². The van der Waals surface area contributed by atoms with Gasteiger partial charge in [0.05, 0.1) is 12.2 Å². The topological polar surface area (TPSA) is 62.2 Å². The first kappa shape index (κ1) is 17.0. The SMILES string of the molecule is CC(C)C1=NN(c2ccc(Br)cc2)[C@@H](C(=O)N2CCOC2=O)[C@@H]1C. The largest absolute Gasteiger partial charge is 0.447 e. The minimum Gasteiger partial charge on any atom is -0.447 e. The number of imide groups is 1. The second-order valence-electron chi connectivity index (χ2n) is 6.34. The number of rotatable bonds is 3. The number of hydrogen-bond acceptors (Lipinski definition) is 5. The molecule has 2 atom stereocenters. The van der Waals surface area contributed by atoms with Crippen LogP contribution in [-0.2, 0) is 9.53 Å². The molecule has 0 spiro atoms. The van der Waals surface area contributed by atoms with E-state index < -0.39 is 12.1 Å². The van der Waals surface area contributed by atoms with E-state index in [-0.39, 0.29) is 24.3 Å². The van der Waals surface area contributed by atoms with Crippen molar-refractivity contribution in [3.8, 4) is 0 Å². The van der Waals surface area contributed by atoms with Crippen molar-refractivity contribution >= 4 is 39.3 Å². The van der Waals surface area contributed by atoms with Gasteiger partial charge in [0, 0.05) is 16.1 Å². The monoisotopic (exact) mass is 393 g/mol.